The van der Waals surface area contributed by atoms with Gasteiger partial charge in [0, 0.05) is 18.8 Å². The molecule has 0 aliphatic rings. The predicted octanol–water partition coefficient (Wildman–Crippen LogP) is 10.5. The lowest BCUT2D eigenvalue weighted by Crippen LogP contribution is -2.36. The molecule has 0 spiro atoms. The molecule has 0 fully saturated rings. The third-order valence-corrected chi connectivity index (χ3v) is 9.64. The second-order valence-corrected chi connectivity index (χ2v) is 12.4. The van der Waals surface area contributed by atoms with Gasteiger partial charge in [0.15, 0.2) is 0 Å². The summed E-state index contributed by atoms with van der Waals surface area (Å²) in [5.41, 5.74) is 0. The lowest BCUT2D eigenvalue weighted by molar-refractivity contribution is 0.269. The molecule has 2 atom stereocenters. The van der Waals surface area contributed by atoms with E-state index in [0.717, 1.165) is 16.2 Å². The highest BCUT2D eigenvalue weighted by Gasteiger charge is 2.19. The van der Waals surface area contributed by atoms with Gasteiger partial charge in [0.1, 0.15) is 4.32 Å². The van der Waals surface area contributed by atoms with Gasteiger partial charge in [-0.25, -0.2) is 0 Å². The van der Waals surface area contributed by atoms with E-state index in [9.17, 15) is 0 Å². The molecule has 0 N–H and O–H groups in total. The molecule has 0 aliphatic carbocycles. The van der Waals surface area contributed by atoms with Crippen molar-refractivity contribution < 1.29 is 0 Å². The standard InChI is InChI=1S/C27H55NS3/c1-6-11-14-15-16-17-18-19-22-30-31-27(29)28(23-25(9-4)20-12-7-2)24-26(10-5)21-13-8-3/h25-26H,6-24H2,1-5H3. The first-order chi connectivity index (χ1) is 15.1. The van der Waals surface area contributed by atoms with Crippen LogP contribution in [0.1, 0.15) is 137 Å². The van der Waals surface area contributed by atoms with Crippen LogP contribution in [-0.2, 0) is 0 Å². The van der Waals surface area contributed by atoms with Crippen LogP contribution in [0.4, 0.5) is 0 Å². The van der Waals surface area contributed by atoms with Gasteiger partial charge in [0.25, 0.3) is 0 Å². The number of unbranched alkanes of at least 4 members (excludes halogenated alkanes) is 9. The van der Waals surface area contributed by atoms with E-state index >= 15 is 0 Å². The fraction of sp³-hybridized carbons (Fsp3) is 0.963. The second-order valence-electron chi connectivity index (χ2n) is 9.38. The summed E-state index contributed by atoms with van der Waals surface area (Å²) in [7, 11) is 3.89. The molecular weight excluding hydrogens is 435 g/mol. The Kier molecular flexibility index (Phi) is 24.2. The first-order valence-corrected chi connectivity index (χ1v) is 16.4. The van der Waals surface area contributed by atoms with Crippen molar-refractivity contribution in [3.63, 3.8) is 0 Å². The largest absolute Gasteiger partial charge is 0.356 e. The molecule has 0 radical (unpaired) electrons. The first kappa shape index (κ1) is 31.6. The fourth-order valence-corrected chi connectivity index (χ4v) is 6.69. The van der Waals surface area contributed by atoms with Crippen molar-refractivity contribution in [1.29, 1.82) is 0 Å². The number of rotatable bonds is 22. The zero-order valence-corrected chi connectivity index (χ0v) is 24.2. The van der Waals surface area contributed by atoms with Crippen LogP contribution >= 0.6 is 33.8 Å². The second kappa shape index (κ2) is 23.7. The van der Waals surface area contributed by atoms with Crippen molar-refractivity contribution in [2.24, 2.45) is 11.8 Å². The van der Waals surface area contributed by atoms with Crippen LogP contribution in [0.3, 0.4) is 0 Å². The molecule has 0 aromatic heterocycles. The van der Waals surface area contributed by atoms with Gasteiger partial charge in [-0.3, -0.25) is 0 Å². The van der Waals surface area contributed by atoms with Crippen molar-refractivity contribution in [1.82, 2.24) is 4.90 Å². The van der Waals surface area contributed by atoms with Gasteiger partial charge >= 0.3 is 0 Å². The minimum Gasteiger partial charge on any atom is -0.356 e. The maximum absolute atomic E-state index is 5.96. The average Bonchev–Trinajstić information content (AvgIpc) is 2.79. The Morgan fingerprint density at radius 3 is 1.55 bits per heavy atom. The van der Waals surface area contributed by atoms with Crippen LogP contribution in [0, 0.1) is 11.8 Å². The summed E-state index contributed by atoms with van der Waals surface area (Å²) in [6.07, 6.45) is 21.8. The summed E-state index contributed by atoms with van der Waals surface area (Å²) in [5.74, 6) is 2.83. The number of hydrogen-bond acceptors (Lipinski definition) is 3. The van der Waals surface area contributed by atoms with Gasteiger partial charge in [-0.1, -0.05) is 141 Å². The van der Waals surface area contributed by atoms with Gasteiger partial charge in [-0.2, -0.15) is 0 Å². The highest BCUT2D eigenvalue weighted by atomic mass is 33.1. The fourth-order valence-electron chi connectivity index (χ4n) is 4.12. The van der Waals surface area contributed by atoms with Crippen LogP contribution in [0.15, 0.2) is 0 Å². The van der Waals surface area contributed by atoms with Gasteiger partial charge in [0.05, 0.1) is 0 Å². The van der Waals surface area contributed by atoms with Crippen LogP contribution in [0.5, 0.6) is 0 Å². The van der Waals surface area contributed by atoms with E-state index in [1.165, 1.54) is 122 Å². The Hall–Kier alpha value is 0.590. The van der Waals surface area contributed by atoms with Crippen LogP contribution in [0.25, 0.3) is 0 Å². The maximum atomic E-state index is 5.96. The monoisotopic (exact) mass is 489 g/mol. The Morgan fingerprint density at radius 2 is 1.10 bits per heavy atom. The smallest absolute Gasteiger partial charge is 0.147 e. The Labute approximate surface area is 210 Å². The molecule has 0 aliphatic heterocycles. The highest BCUT2D eigenvalue weighted by molar-refractivity contribution is 8.83. The molecule has 0 saturated carbocycles. The quantitative estimate of drug-likeness (QED) is 0.0844. The highest BCUT2D eigenvalue weighted by Crippen LogP contribution is 2.29. The van der Waals surface area contributed by atoms with Crippen molar-refractivity contribution >= 4 is 38.1 Å². The molecule has 186 valence electrons. The lowest BCUT2D eigenvalue weighted by Gasteiger charge is -2.32. The van der Waals surface area contributed by atoms with Crippen LogP contribution < -0.4 is 0 Å². The van der Waals surface area contributed by atoms with E-state index in [1.54, 1.807) is 0 Å². The third-order valence-electron chi connectivity index (χ3n) is 6.51. The summed E-state index contributed by atoms with van der Waals surface area (Å²) < 4.78 is 1.15. The summed E-state index contributed by atoms with van der Waals surface area (Å²) in [6, 6.07) is 0. The molecule has 0 bridgehead atoms. The SMILES string of the molecule is CCCCCCCCCCSSC(=S)N(CC(CC)CCCC)CC(CC)CCCC. The molecule has 0 aromatic carbocycles. The summed E-state index contributed by atoms with van der Waals surface area (Å²) in [6.45, 7) is 14.0. The topological polar surface area (TPSA) is 3.24 Å². The van der Waals surface area contributed by atoms with Gasteiger partial charge < -0.3 is 4.90 Å². The molecule has 0 amide bonds. The molecule has 31 heavy (non-hydrogen) atoms. The third kappa shape index (κ3) is 18.7. The normalized spacial score (nSPS) is 13.3. The minimum absolute atomic E-state index is 0.792. The number of thiocarbonyl (C=S) groups is 1. The molecule has 0 saturated heterocycles. The van der Waals surface area contributed by atoms with E-state index in [4.69, 9.17) is 12.2 Å². The molecule has 0 rings (SSSR count). The van der Waals surface area contributed by atoms with E-state index in [2.05, 4.69) is 39.5 Å². The Morgan fingerprint density at radius 1 is 0.645 bits per heavy atom. The van der Waals surface area contributed by atoms with E-state index in [-0.39, 0.29) is 0 Å². The molecule has 2 unspecified atom stereocenters. The molecule has 0 heterocycles. The van der Waals surface area contributed by atoms with Crippen LogP contribution in [0.2, 0.25) is 0 Å². The first-order valence-electron chi connectivity index (χ1n) is 13.7. The maximum Gasteiger partial charge on any atom is 0.147 e. The van der Waals surface area contributed by atoms with Crippen LogP contribution in [-0.4, -0.2) is 28.1 Å². The summed E-state index contributed by atoms with van der Waals surface area (Å²) >= 11 is 5.96. The van der Waals surface area contributed by atoms with E-state index in [0.29, 0.717) is 0 Å². The molecule has 1 nitrogen and oxygen atoms in total. The van der Waals surface area contributed by atoms with Crippen molar-refractivity contribution in [3.05, 3.63) is 0 Å². The Bertz CT molecular complexity index is 371. The van der Waals surface area contributed by atoms with Crippen molar-refractivity contribution in [3.8, 4) is 0 Å². The average molecular weight is 490 g/mol. The Balaban J connectivity index is 4.41. The lowest BCUT2D eigenvalue weighted by atomic mass is 9.96. The van der Waals surface area contributed by atoms with Gasteiger partial charge in [-0.15, -0.1) is 0 Å². The summed E-state index contributed by atoms with van der Waals surface area (Å²) in [4.78, 5) is 2.59. The molecule has 4 heteroatoms. The van der Waals surface area contributed by atoms with E-state index < -0.39 is 0 Å². The summed E-state index contributed by atoms with van der Waals surface area (Å²) in [5, 5.41) is 0. The number of hydrogen-bond donors (Lipinski definition) is 0. The van der Waals surface area contributed by atoms with Crippen molar-refractivity contribution in [2.75, 3.05) is 18.8 Å². The van der Waals surface area contributed by atoms with E-state index in [1.807, 2.05) is 21.6 Å². The molecular formula is C27H55NS3. The predicted molar refractivity (Wildman–Crippen MR) is 153 cm³/mol. The zero-order valence-electron chi connectivity index (χ0n) is 21.8. The van der Waals surface area contributed by atoms with Gasteiger partial charge in [0.2, 0.25) is 0 Å². The number of nitrogens with zero attached hydrogens (tertiary/aromatic N) is 1. The minimum atomic E-state index is 0.792. The van der Waals surface area contributed by atoms with Gasteiger partial charge in [-0.05, 0) is 41.9 Å². The zero-order chi connectivity index (χ0) is 23.2. The van der Waals surface area contributed by atoms with Crippen molar-refractivity contribution in [2.45, 2.75) is 137 Å². The molecule has 0 aromatic rings.